The van der Waals surface area contributed by atoms with Crippen LogP contribution in [0, 0.1) is 0 Å². The summed E-state index contributed by atoms with van der Waals surface area (Å²) in [5.41, 5.74) is 1.40. The summed E-state index contributed by atoms with van der Waals surface area (Å²) in [6.45, 7) is -0.0749. The maximum atomic E-state index is 11.6. The van der Waals surface area contributed by atoms with Gasteiger partial charge in [-0.05, 0) is 28.5 Å². The average Bonchev–Trinajstić information content (AvgIpc) is 2.46. The molecule has 0 radical (unpaired) electrons. The Labute approximate surface area is 112 Å². The molecule has 19 heavy (non-hydrogen) atoms. The number of ether oxygens (including phenoxy) is 1. The third kappa shape index (κ3) is 3.20. The number of benzene rings is 2. The Kier molecular flexibility index (Phi) is 4.31. The molecule has 0 heterocycles. The van der Waals surface area contributed by atoms with E-state index in [1.54, 1.807) is 6.08 Å². The monoisotopic (exact) mass is 256 g/mol. The Morgan fingerprint density at radius 3 is 2.63 bits per heavy atom. The number of hydrogen-bond donors (Lipinski definition) is 1. The van der Waals surface area contributed by atoms with E-state index in [0.29, 0.717) is 12.0 Å². The SMILES string of the molecule is COC(=O)C(=Cc1ccc2ccccc2c1)CCO. The van der Waals surface area contributed by atoms with E-state index in [0.717, 1.165) is 16.3 Å². The summed E-state index contributed by atoms with van der Waals surface area (Å²) >= 11 is 0. The number of hydrogen-bond acceptors (Lipinski definition) is 3. The van der Waals surface area contributed by atoms with Crippen LogP contribution in [-0.2, 0) is 9.53 Å². The van der Waals surface area contributed by atoms with Gasteiger partial charge < -0.3 is 9.84 Å². The van der Waals surface area contributed by atoms with Crippen molar-refractivity contribution in [3.63, 3.8) is 0 Å². The number of rotatable bonds is 4. The minimum Gasteiger partial charge on any atom is -0.466 e. The fourth-order valence-corrected chi connectivity index (χ4v) is 1.98. The number of aliphatic hydroxyl groups is 1. The van der Waals surface area contributed by atoms with Crippen LogP contribution in [0.4, 0.5) is 0 Å². The molecule has 2 aromatic carbocycles. The van der Waals surface area contributed by atoms with Crippen molar-refractivity contribution in [2.24, 2.45) is 0 Å². The van der Waals surface area contributed by atoms with Gasteiger partial charge in [0.15, 0.2) is 0 Å². The van der Waals surface area contributed by atoms with Crippen LogP contribution >= 0.6 is 0 Å². The third-order valence-electron chi connectivity index (χ3n) is 2.94. The van der Waals surface area contributed by atoms with Gasteiger partial charge in [-0.3, -0.25) is 0 Å². The number of fused-ring (bicyclic) bond motifs is 1. The van der Waals surface area contributed by atoms with Crippen LogP contribution in [0.3, 0.4) is 0 Å². The van der Waals surface area contributed by atoms with Crippen molar-refractivity contribution in [1.29, 1.82) is 0 Å². The topological polar surface area (TPSA) is 46.5 Å². The summed E-state index contributed by atoms with van der Waals surface area (Å²) in [6.07, 6.45) is 2.05. The zero-order chi connectivity index (χ0) is 13.7. The lowest BCUT2D eigenvalue weighted by Crippen LogP contribution is -2.06. The molecule has 0 fully saturated rings. The third-order valence-corrected chi connectivity index (χ3v) is 2.94. The molecule has 0 aliphatic heterocycles. The molecule has 0 spiro atoms. The standard InChI is InChI=1S/C16H16O3/c1-19-16(18)15(8-9-17)11-12-6-7-13-4-2-3-5-14(13)10-12/h2-7,10-11,17H,8-9H2,1H3. The molecule has 3 nitrogen and oxygen atoms in total. The smallest absolute Gasteiger partial charge is 0.333 e. The zero-order valence-electron chi connectivity index (χ0n) is 10.8. The van der Waals surface area contributed by atoms with Crippen LogP contribution in [0.5, 0.6) is 0 Å². The van der Waals surface area contributed by atoms with Crippen molar-refractivity contribution in [3.05, 3.63) is 53.6 Å². The van der Waals surface area contributed by atoms with E-state index in [4.69, 9.17) is 9.84 Å². The average molecular weight is 256 g/mol. The highest BCUT2D eigenvalue weighted by Crippen LogP contribution is 2.18. The predicted octanol–water partition coefficient (Wildman–Crippen LogP) is 2.78. The summed E-state index contributed by atoms with van der Waals surface area (Å²) in [4.78, 5) is 11.6. The van der Waals surface area contributed by atoms with Crippen molar-refractivity contribution in [2.45, 2.75) is 6.42 Å². The van der Waals surface area contributed by atoms with Gasteiger partial charge in [-0.2, -0.15) is 0 Å². The van der Waals surface area contributed by atoms with Crippen LogP contribution in [0.1, 0.15) is 12.0 Å². The van der Waals surface area contributed by atoms with Gasteiger partial charge in [-0.25, -0.2) is 4.79 Å². The van der Waals surface area contributed by atoms with E-state index in [1.165, 1.54) is 7.11 Å². The van der Waals surface area contributed by atoms with Gasteiger partial charge in [0.1, 0.15) is 0 Å². The molecule has 0 aliphatic rings. The maximum Gasteiger partial charge on any atom is 0.333 e. The largest absolute Gasteiger partial charge is 0.466 e. The van der Waals surface area contributed by atoms with E-state index < -0.39 is 5.97 Å². The van der Waals surface area contributed by atoms with E-state index in [-0.39, 0.29) is 6.61 Å². The van der Waals surface area contributed by atoms with Gasteiger partial charge in [0.25, 0.3) is 0 Å². The Morgan fingerprint density at radius 2 is 1.95 bits per heavy atom. The van der Waals surface area contributed by atoms with Crippen LogP contribution in [0.25, 0.3) is 16.8 Å². The fraction of sp³-hybridized carbons (Fsp3) is 0.188. The Balaban J connectivity index is 2.39. The lowest BCUT2D eigenvalue weighted by Gasteiger charge is -2.04. The predicted molar refractivity (Wildman–Crippen MR) is 75.6 cm³/mol. The van der Waals surface area contributed by atoms with Gasteiger partial charge in [0.05, 0.1) is 7.11 Å². The molecule has 0 saturated heterocycles. The van der Waals surface area contributed by atoms with Gasteiger partial charge in [0, 0.05) is 18.6 Å². The summed E-state index contributed by atoms with van der Waals surface area (Å²) < 4.78 is 4.71. The molecular formula is C16H16O3. The van der Waals surface area contributed by atoms with E-state index >= 15 is 0 Å². The van der Waals surface area contributed by atoms with Gasteiger partial charge >= 0.3 is 5.97 Å². The fourth-order valence-electron chi connectivity index (χ4n) is 1.98. The number of carbonyl (C=O) groups excluding carboxylic acids is 1. The molecule has 0 aliphatic carbocycles. The minimum absolute atomic E-state index is 0.0749. The molecule has 0 saturated carbocycles. The van der Waals surface area contributed by atoms with Crippen molar-refractivity contribution in [2.75, 3.05) is 13.7 Å². The van der Waals surface area contributed by atoms with Crippen molar-refractivity contribution < 1.29 is 14.6 Å². The molecule has 0 atom stereocenters. The molecule has 3 heteroatoms. The first kappa shape index (κ1) is 13.3. The summed E-state index contributed by atoms with van der Waals surface area (Å²) in [5.74, 6) is -0.401. The number of carbonyl (C=O) groups is 1. The number of aliphatic hydroxyl groups excluding tert-OH is 1. The molecular weight excluding hydrogens is 240 g/mol. The molecule has 0 unspecified atom stereocenters. The van der Waals surface area contributed by atoms with Crippen LogP contribution in [0.2, 0.25) is 0 Å². The highest BCUT2D eigenvalue weighted by atomic mass is 16.5. The highest BCUT2D eigenvalue weighted by molar-refractivity contribution is 5.94. The van der Waals surface area contributed by atoms with Crippen molar-refractivity contribution in [3.8, 4) is 0 Å². The second-order valence-corrected chi connectivity index (χ2v) is 4.24. The highest BCUT2D eigenvalue weighted by Gasteiger charge is 2.08. The van der Waals surface area contributed by atoms with Crippen LogP contribution < -0.4 is 0 Å². The molecule has 0 amide bonds. The van der Waals surface area contributed by atoms with Gasteiger partial charge in [0.2, 0.25) is 0 Å². The van der Waals surface area contributed by atoms with Crippen molar-refractivity contribution in [1.82, 2.24) is 0 Å². The second kappa shape index (κ2) is 6.16. The summed E-state index contributed by atoms with van der Waals surface area (Å²) in [6, 6.07) is 14.0. The Morgan fingerprint density at radius 1 is 1.21 bits per heavy atom. The Bertz CT molecular complexity index is 614. The Hall–Kier alpha value is -2.13. The number of esters is 1. The van der Waals surface area contributed by atoms with E-state index in [9.17, 15) is 4.79 Å². The van der Waals surface area contributed by atoms with Crippen LogP contribution in [-0.4, -0.2) is 24.8 Å². The summed E-state index contributed by atoms with van der Waals surface area (Å²) in [5, 5.41) is 11.3. The second-order valence-electron chi connectivity index (χ2n) is 4.24. The first-order valence-electron chi connectivity index (χ1n) is 6.13. The lowest BCUT2D eigenvalue weighted by molar-refractivity contribution is -0.136. The van der Waals surface area contributed by atoms with Crippen molar-refractivity contribution >= 4 is 22.8 Å². The van der Waals surface area contributed by atoms with E-state index in [2.05, 4.69) is 0 Å². The zero-order valence-corrected chi connectivity index (χ0v) is 10.8. The maximum absolute atomic E-state index is 11.6. The van der Waals surface area contributed by atoms with Gasteiger partial charge in [-0.1, -0.05) is 36.4 Å². The van der Waals surface area contributed by atoms with Gasteiger partial charge in [-0.15, -0.1) is 0 Å². The normalized spacial score (nSPS) is 11.6. The molecule has 0 bridgehead atoms. The minimum atomic E-state index is -0.401. The summed E-state index contributed by atoms with van der Waals surface area (Å²) in [7, 11) is 1.34. The quantitative estimate of drug-likeness (QED) is 0.676. The first-order valence-corrected chi connectivity index (χ1v) is 6.13. The van der Waals surface area contributed by atoms with Crippen LogP contribution in [0.15, 0.2) is 48.0 Å². The first-order chi connectivity index (χ1) is 9.24. The molecule has 1 N–H and O–H groups in total. The molecule has 2 rings (SSSR count). The molecule has 98 valence electrons. The lowest BCUT2D eigenvalue weighted by atomic mass is 10.0. The molecule has 0 aromatic heterocycles. The molecule has 2 aromatic rings. The number of methoxy groups -OCH3 is 1. The van der Waals surface area contributed by atoms with E-state index in [1.807, 2.05) is 42.5 Å².